The van der Waals surface area contributed by atoms with Crippen molar-refractivity contribution in [1.82, 2.24) is 4.57 Å². The molecule has 0 spiro atoms. The maximum absolute atomic E-state index is 8.94. The minimum Gasteiger partial charge on any atom is -1.00 e. The van der Waals surface area contributed by atoms with E-state index in [1.54, 1.807) is 0 Å². The van der Waals surface area contributed by atoms with E-state index >= 15 is 0 Å². The highest BCUT2D eigenvalue weighted by Crippen LogP contribution is 2.09. The van der Waals surface area contributed by atoms with Crippen LogP contribution in [0.4, 0.5) is 0 Å². The van der Waals surface area contributed by atoms with Gasteiger partial charge in [-0.2, -0.15) is 4.57 Å². The average Bonchev–Trinajstić information content (AvgIpc) is 2.92. The van der Waals surface area contributed by atoms with Crippen molar-refractivity contribution in [3.05, 3.63) is 84.4 Å². The Balaban J connectivity index is 0.00000176. The van der Waals surface area contributed by atoms with E-state index in [0.29, 0.717) is 0 Å². The van der Waals surface area contributed by atoms with Crippen LogP contribution in [0.15, 0.2) is 78.2 Å². The third-order valence-electron chi connectivity index (χ3n) is 3.34. The average molecular weight is 358 g/mol. The van der Waals surface area contributed by atoms with Crippen LogP contribution >= 0.6 is 0 Å². The quantitative estimate of drug-likeness (QED) is 0.294. The van der Waals surface area contributed by atoms with Crippen molar-refractivity contribution in [3.63, 3.8) is 0 Å². The predicted octanol–water partition coefficient (Wildman–Crippen LogP) is -0.375. The Bertz CT molecular complexity index is 739. The fourth-order valence-corrected chi connectivity index (χ4v) is 2.35. The number of nitrogens with zero attached hydrogens (tertiary/aromatic N) is 3. The Hall–Kier alpha value is -2.40. The lowest BCUT2D eigenvalue weighted by Gasteiger charge is -2.01. The van der Waals surface area contributed by atoms with Gasteiger partial charge in [0.25, 0.3) is 0 Å². The van der Waals surface area contributed by atoms with Crippen molar-refractivity contribution in [2.75, 3.05) is 0 Å². The van der Waals surface area contributed by atoms with Crippen molar-refractivity contribution in [2.24, 2.45) is 5.16 Å². The zero-order chi connectivity index (χ0) is 14.5. The smallest absolute Gasteiger partial charge is 0.309 e. The second-order valence-electron chi connectivity index (χ2n) is 4.72. The van der Waals surface area contributed by atoms with Gasteiger partial charge in [0, 0.05) is 0 Å². The summed E-state index contributed by atoms with van der Waals surface area (Å²) in [6.45, 7) is 0.724. The Labute approximate surface area is 139 Å². The number of imidazole rings is 1. The van der Waals surface area contributed by atoms with Crippen molar-refractivity contribution in [3.8, 4) is 5.69 Å². The van der Waals surface area contributed by atoms with Crippen LogP contribution in [0.25, 0.3) is 5.69 Å². The molecular weight excluding hydrogens is 342 g/mol. The van der Waals surface area contributed by atoms with E-state index in [0.717, 1.165) is 18.1 Å². The van der Waals surface area contributed by atoms with E-state index in [1.807, 2.05) is 70.1 Å². The van der Waals surface area contributed by atoms with E-state index in [2.05, 4.69) is 17.3 Å². The molecule has 0 atom stereocenters. The molecule has 0 aliphatic carbocycles. The first-order valence-electron chi connectivity index (χ1n) is 6.76. The minimum atomic E-state index is 0. The summed E-state index contributed by atoms with van der Waals surface area (Å²) >= 11 is 0. The maximum Gasteiger partial charge on any atom is 0.309 e. The molecule has 0 saturated carbocycles. The molecule has 0 bridgehead atoms. The second-order valence-corrected chi connectivity index (χ2v) is 4.72. The molecule has 0 aliphatic rings. The molecule has 3 aromatic rings. The molecule has 3 rings (SSSR count). The molecule has 0 saturated heterocycles. The molecule has 0 fully saturated rings. The molecule has 1 heterocycles. The SMILES string of the molecule is O/N=C/c1n(-c2ccccc2)cc[n+]1Cc1ccccc1.[Br-]. The Kier molecular flexibility index (Phi) is 5.49. The molecule has 0 amide bonds. The normalized spacial score (nSPS) is 10.5. The lowest BCUT2D eigenvalue weighted by atomic mass is 10.2. The molecule has 112 valence electrons. The highest BCUT2D eigenvalue weighted by molar-refractivity contribution is 5.73. The van der Waals surface area contributed by atoms with Crippen molar-refractivity contribution >= 4 is 6.21 Å². The number of para-hydroxylation sites is 1. The Morgan fingerprint density at radius 1 is 1.00 bits per heavy atom. The van der Waals surface area contributed by atoms with Gasteiger partial charge in [-0.25, -0.2) is 4.57 Å². The molecule has 0 radical (unpaired) electrons. The van der Waals surface area contributed by atoms with E-state index in [-0.39, 0.29) is 17.0 Å². The third kappa shape index (κ3) is 3.43. The largest absolute Gasteiger partial charge is 1.00 e. The van der Waals surface area contributed by atoms with Gasteiger partial charge in [-0.1, -0.05) is 53.7 Å². The Morgan fingerprint density at radius 3 is 2.27 bits per heavy atom. The molecule has 4 nitrogen and oxygen atoms in total. The van der Waals surface area contributed by atoms with Gasteiger partial charge in [-0.05, 0) is 17.7 Å². The van der Waals surface area contributed by atoms with Gasteiger partial charge < -0.3 is 22.2 Å². The summed E-state index contributed by atoms with van der Waals surface area (Å²) in [5.74, 6) is 0.813. The van der Waals surface area contributed by atoms with E-state index in [1.165, 1.54) is 11.8 Å². The highest BCUT2D eigenvalue weighted by atomic mass is 79.9. The van der Waals surface area contributed by atoms with Crippen LogP contribution in [0.5, 0.6) is 0 Å². The number of halogens is 1. The number of aromatic nitrogens is 2. The zero-order valence-corrected chi connectivity index (χ0v) is 13.5. The van der Waals surface area contributed by atoms with Gasteiger partial charge in [-0.15, -0.1) is 0 Å². The summed E-state index contributed by atoms with van der Waals surface area (Å²) < 4.78 is 4.03. The van der Waals surface area contributed by atoms with Gasteiger partial charge in [0.15, 0.2) is 6.21 Å². The highest BCUT2D eigenvalue weighted by Gasteiger charge is 2.17. The van der Waals surface area contributed by atoms with E-state index < -0.39 is 0 Å². The molecular formula is C17H16BrN3O. The van der Waals surface area contributed by atoms with E-state index in [4.69, 9.17) is 5.21 Å². The molecule has 0 unspecified atom stereocenters. The topological polar surface area (TPSA) is 41.4 Å². The lowest BCUT2D eigenvalue weighted by Crippen LogP contribution is -3.00. The number of oxime groups is 1. The van der Waals surface area contributed by atoms with Gasteiger partial charge >= 0.3 is 5.82 Å². The number of hydrogen-bond acceptors (Lipinski definition) is 2. The standard InChI is InChI=1S/C17H15N3O.BrH/c21-18-13-17-19(14-15-7-3-1-4-8-15)11-12-20(17)16-9-5-2-6-10-16;/h1-13H,14H2;1H. The van der Waals surface area contributed by atoms with Gasteiger partial charge in [0.05, 0.1) is 0 Å². The molecule has 22 heavy (non-hydrogen) atoms. The fraction of sp³-hybridized carbons (Fsp3) is 0.0588. The Morgan fingerprint density at radius 2 is 1.64 bits per heavy atom. The molecule has 1 N–H and O–H groups in total. The number of benzene rings is 2. The second kappa shape index (κ2) is 7.56. The monoisotopic (exact) mass is 357 g/mol. The van der Waals surface area contributed by atoms with Gasteiger partial charge in [-0.3, -0.25) is 0 Å². The van der Waals surface area contributed by atoms with Crippen LogP contribution in [0.1, 0.15) is 11.4 Å². The lowest BCUT2D eigenvalue weighted by molar-refractivity contribution is -0.688. The molecule has 0 aliphatic heterocycles. The summed E-state index contributed by atoms with van der Waals surface area (Å²) in [4.78, 5) is 0. The van der Waals surface area contributed by atoms with Gasteiger partial charge in [0.2, 0.25) is 0 Å². The van der Waals surface area contributed by atoms with Crippen LogP contribution in [0, 0.1) is 0 Å². The summed E-state index contributed by atoms with van der Waals surface area (Å²) in [6, 6.07) is 20.2. The first kappa shape index (κ1) is 16.0. The summed E-state index contributed by atoms with van der Waals surface area (Å²) in [7, 11) is 0. The predicted molar refractivity (Wildman–Crippen MR) is 80.9 cm³/mol. The zero-order valence-electron chi connectivity index (χ0n) is 11.9. The molecule has 5 heteroatoms. The van der Waals surface area contributed by atoms with Gasteiger partial charge in [0.1, 0.15) is 24.6 Å². The van der Waals surface area contributed by atoms with Crippen LogP contribution in [0.3, 0.4) is 0 Å². The summed E-state index contributed by atoms with van der Waals surface area (Å²) in [6.07, 6.45) is 5.40. The third-order valence-corrected chi connectivity index (χ3v) is 3.34. The maximum atomic E-state index is 8.94. The van der Waals surface area contributed by atoms with Crippen molar-refractivity contribution in [1.29, 1.82) is 0 Å². The number of rotatable bonds is 4. The van der Waals surface area contributed by atoms with Crippen molar-refractivity contribution < 1.29 is 26.8 Å². The summed E-state index contributed by atoms with van der Waals surface area (Å²) in [5, 5.41) is 12.1. The first-order valence-corrected chi connectivity index (χ1v) is 6.76. The summed E-state index contributed by atoms with van der Waals surface area (Å²) in [5.41, 5.74) is 2.22. The van der Waals surface area contributed by atoms with E-state index in [9.17, 15) is 0 Å². The molecule has 2 aromatic carbocycles. The first-order chi connectivity index (χ1) is 10.4. The van der Waals surface area contributed by atoms with Crippen molar-refractivity contribution in [2.45, 2.75) is 6.54 Å². The number of hydrogen-bond donors (Lipinski definition) is 1. The minimum absolute atomic E-state index is 0. The fourth-order valence-electron chi connectivity index (χ4n) is 2.35. The van der Waals surface area contributed by atoms with Crippen LogP contribution < -0.4 is 21.5 Å². The van der Waals surface area contributed by atoms with Crippen LogP contribution in [-0.4, -0.2) is 16.0 Å². The van der Waals surface area contributed by atoms with Crippen LogP contribution in [-0.2, 0) is 6.54 Å². The van der Waals surface area contributed by atoms with Crippen LogP contribution in [0.2, 0.25) is 0 Å². The molecule has 1 aromatic heterocycles.